The third-order valence-electron chi connectivity index (χ3n) is 4.25. The second-order valence-electron chi connectivity index (χ2n) is 5.70. The normalized spacial score (nSPS) is 11.4. The number of hydrogen-bond donors (Lipinski definition) is 0. The van der Waals surface area contributed by atoms with Gasteiger partial charge in [-0.2, -0.15) is 0 Å². The van der Waals surface area contributed by atoms with Gasteiger partial charge >= 0.3 is 7.60 Å². The number of benzene rings is 3. The summed E-state index contributed by atoms with van der Waals surface area (Å²) in [6.07, 6.45) is 0.218. The molecule has 3 rings (SSSR count). The van der Waals surface area contributed by atoms with Gasteiger partial charge in [0.1, 0.15) is 0 Å². The molecule has 3 aromatic rings. The van der Waals surface area contributed by atoms with Crippen LogP contribution in [0.3, 0.4) is 0 Å². The van der Waals surface area contributed by atoms with Crippen molar-refractivity contribution in [3.8, 4) is 22.3 Å². The molecule has 0 amide bonds. The molecule has 128 valence electrons. The molecule has 0 fully saturated rings. The molecule has 25 heavy (non-hydrogen) atoms. The van der Waals surface area contributed by atoms with Crippen molar-refractivity contribution in [1.29, 1.82) is 0 Å². The van der Waals surface area contributed by atoms with Gasteiger partial charge in [0.15, 0.2) is 0 Å². The van der Waals surface area contributed by atoms with E-state index in [0.29, 0.717) is 0 Å². The van der Waals surface area contributed by atoms with Gasteiger partial charge in [0, 0.05) is 14.2 Å². The Labute approximate surface area is 148 Å². The smallest absolute Gasteiger partial charge is 0.312 e. The van der Waals surface area contributed by atoms with Crippen LogP contribution in [0.2, 0.25) is 0 Å². The van der Waals surface area contributed by atoms with E-state index in [2.05, 4.69) is 24.3 Å². The van der Waals surface area contributed by atoms with Crippen molar-refractivity contribution >= 4 is 7.60 Å². The SMILES string of the molecule is COP(=O)(Cc1c(-c2ccccc2)cccc1-c1ccccc1)OC. The van der Waals surface area contributed by atoms with E-state index in [1.54, 1.807) is 0 Å². The minimum atomic E-state index is -3.20. The zero-order valence-corrected chi connectivity index (χ0v) is 15.3. The third kappa shape index (κ3) is 3.91. The fourth-order valence-electron chi connectivity index (χ4n) is 2.93. The van der Waals surface area contributed by atoms with Crippen molar-refractivity contribution in [3.05, 3.63) is 84.4 Å². The van der Waals surface area contributed by atoms with E-state index in [1.165, 1.54) is 14.2 Å². The van der Waals surface area contributed by atoms with Crippen LogP contribution in [-0.2, 0) is 19.8 Å². The van der Waals surface area contributed by atoms with Gasteiger partial charge in [0.05, 0.1) is 6.16 Å². The summed E-state index contributed by atoms with van der Waals surface area (Å²) >= 11 is 0. The van der Waals surface area contributed by atoms with Gasteiger partial charge in [-0.3, -0.25) is 4.57 Å². The second kappa shape index (κ2) is 7.79. The van der Waals surface area contributed by atoms with Gasteiger partial charge in [-0.05, 0) is 27.8 Å². The van der Waals surface area contributed by atoms with Crippen LogP contribution in [0.5, 0.6) is 0 Å². The molecule has 0 radical (unpaired) electrons. The van der Waals surface area contributed by atoms with Gasteiger partial charge < -0.3 is 9.05 Å². The maximum Gasteiger partial charge on any atom is 0.334 e. The Bertz CT molecular complexity index is 810. The van der Waals surface area contributed by atoms with Crippen LogP contribution in [0, 0.1) is 0 Å². The Hall–Kier alpha value is -2.19. The molecule has 0 spiro atoms. The van der Waals surface area contributed by atoms with Gasteiger partial charge in [0.25, 0.3) is 0 Å². The maximum atomic E-state index is 12.8. The summed E-state index contributed by atoms with van der Waals surface area (Å²) in [5.41, 5.74) is 5.20. The highest BCUT2D eigenvalue weighted by Gasteiger charge is 2.25. The first-order valence-electron chi connectivity index (χ1n) is 8.10. The van der Waals surface area contributed by atoms with Crippen molar-refractivity contribution in [2.45, 2.75) is 6.16 Å². The predicted molar refractivity (Wildman–Crippen MR) is 103 cm³/mol. The molecule has 4 heteroatoms. The molecule has 3 nitrogen and oxygen atoms in total. The van der Waals surface area contributed by atoms with E-state index in [1.807, 2.05) is 54.6 Å². The van der Waals surface area contributed by atoms with Crippen LogP contribution in [0.4, 0.5) is 0 Å². The first-order chi connectivity index (χ1) is 12.2. The van der Waals surface area contributed by atoms with Gasteiger partial charge in [-0.15, -0.1) is 0 Å². The minimum Gasteiger partial charge on any atom is -0.312 e. The number of rotatable bonds is 6. The molecule has 0 atom stereocenters. The molecule has 3 aromatic carbocycles. The predicted octanol–water partition coefficient (Wildman–Crippen LogP) is 6.01. The Morgan fingerprint density at radius 3 is 1.52 bits per heavy atom. The number of hydrogen-bond acceptors (Lipinski definition) is 3. The molecule has 0 aliphatic carbocycles. The highest BCUT2D eigenvalue weighted by molar-refractivity contribution is 7.53. The highest BCUT2D eigenvalue weighted by atomic mass is 31.2. The average molecular weight is 352 g/mol. The molecule has 0 aliphatic rings. The lowest BCUT2D eigenvalue weighted by atomic mass is 9.93. The topological polar surface area (TPSA) is 35.5 Å². The maximum absolute atomic E-state index is 12.8. The van der Waals surface area contributed by atoms with Crippen LogP contribution in [-0.4, -0.2) is 14.2 Å². The summed E-state index contributed by atoms with van der Waals surface area (Å²) in [6, 6.07) is 26.3. The molecular weight excluding hydrogens is 331 g/mol. The van der Waals surface area contributed by atoms with Crippen LogP contribution >= 0.6 is 7.60 Å². The minimum absolute atomic E-state index is 0.218. The van der Waals surface area contributed by atoms with Crippen molar-refractivity contribution in [2.24, 2.45) is 0 Å². The third-order valence-corrected chi connectivity index (χ3v) is 6.07. The van der Waals surface area contributed by atoms with E-state index >= 15 is 0 Å². The molecule has 0 aliphatic heterocycles. The molecule has 0 bridgehead atoms. The first-order valence-corrected chi connectivity index (χ1v) is 9.83. The lowest BCUT2D eigenvalue weighted by Crippen LogP contribution is -1.99. The van der Waals surface area contributed by atoms with Gasteiger partial charge in [-0.25, -0.2) is 0 Å². The molecule has 0 heterocycles. The van der Waals surface area contributed by atoms with E-state index in [-0.39, 0.29) is 6.16 Å². The molecule has 0 unspecified atom stereocenters. The quantitative estimate of drug-likeness (QED) is 0.510. The second-order valence-corrected chi connectivity index (χ2v) is 7.97. The van der Waals surface area contributed by atoms with Crippen LogP contribution < -0.4 is 0 Å². The van der Waals surface area contributed by atoms with Gasteiger partial charge in [-0.1, -0.05) is 78.9 Å². The fraction of sp³-hybridized carbons (Fsp3) is 0.143. The molecule has 0 saturated heterocycles. The van der Waals surface area contributed by atoms with Crippen molar-refractivity contribution in [1.82, 2.24) is 0 Å². The van der Waals surface area contributed by atoms with Crippen molar-refractivity contribution < 1.29 is 13.6 Å². The van der Waals surface area contributed by atoms with Crippen LogP contribution in [0.1, 0.15) is 5.56 Å². The summed E-state index contributed by atoms with van der Waals surface area (Å²) in [7, 11) is -0.341. The zero-order chi connectivity index (χ0) is 17.7. The van der Waals surface area contributed by atoms with E-state index in [4.69, 9.17) is 9.05 Å². The molecular formula is C21H21O3P. The Morgan fingerprint density at radius 2 is 1.12 bits per heavy atom. The van der Waals surface area contributed by atoms with Crippen LogP contribution in [0.25, 0.3) is 22.3 Å². The van der Waals surface area contributed by atoms with E-state index in [9.17, 15) is 4.57 Å². The summed E-state index contributed by atoms with van der Waals surface area (Å²) in [4.78, 5) is 0. The van der Waals surface area contributed by atoms with Crippen molar-refractivity contribution in [3.63, 3.8) is 0 Å². The fourth-order valence-corrected chi connectivity index (χ4v) is 4.07. The zero-order valence-electron chi connectivity index (χ0n) is 14.4. The Morgan fingerprint density at radius 1 is 0.680 bits per heavy atom. The molecule has 0 aromatic heterocycles. The summed E-state index contributed by atoms with van der Waals surface area (Å²) in [5, 5.41) is 0. The highest BCUT2D eigenvalue weighted by Crippen LogP contribution is 2.52. The average Bonchev–Trinajstić information content (AvgIpc) is 2.69. The first kappa shape index (κ1) is 17.6. The lowest BCUT2D eigenvalue weighted by molar-refractivity contribution is 0.275. The summed E-state index contributed by atoms with van der Waals surface area (Å²) in [6.45, 7) is 0. The van der Waals surface area contributed by atoms with E-state index in [0.717, 1.165) is 27.8 Å². The molecule has 0 N–H and O–H groups in total. The van der Waals surface area contributed by atoms with E-state index < -0.39 is 7.60 Å². The largest absolute Gasteiger partial charge is 0.334 e. The van der Waals surface area contributed by atoms with Crippen LogP contribution in [0.15, 0.2) is 78.9 Å². The Kier molecular flexibility index (Phi) is 5.50. The summed E-state index contributed by atoms with van der Waals surface area (Å²) in [5.74, 6) is 0. The Balaban J connectivity index is 2.21. The lowest BCUT2D eigenvalue weighted by Gasteiger charge is -2.20. The van der Waals surface area contributed by atoms with Gasteiger partial charge in [0.2, 0.25) is 0 Å². The van der Waals surface area contributed by atoms with Crippen molar-refractivity contribution in [2.75, 3.05) is 14.2 Å². The standard InChI is InChI=1S/C21H21O3P/c1-23-25(22,24-2)16-21-19(17-10-5-3-6-11-17)14-9-15-20(21)18-12-7-4-8-13-18/h3-15H,16H2,1-2H3. The summed E-state index contributed by atoms with van der Waals surface area (Å²) < 4.78 is 23.3. The molecule has 0 saturated carbocycles. The monoisotopic (exact) mass is 352 g/mol.